The summed E-state index contributed by atoms with van der Waals surface area (Å²) >= 11 is 5.73. The van der Waals surface area contributed by atoms with Gasteiger partial charge in [0.1, 0.15) is 5.82 Å². The molecule has 0 aliphatic heterocycles. The van der Waals surface area contributed by atoms with Crippen molar-refractivity contribution in [1.82, 2.24) is 5.32 Å². The van der Waals surface area contributed by atoms with Gasteiger partial charge < -0.3 is 11.1 Å². The molecule has 0 saturated carbocycles. The molecule has 0 aromatic heterocycles. The summed E-state index contributed by atoms with van der Waals surface area (Å²) in [7, 11) is 1.80. The third-order valence-electron chi connectivity index (χ3n) is 2.03. The highest BCUT2D eigenvalue weighted by molar-refractivity contribution is 6.33. The summed E-state index contributed by atoms with van der Waals surface area (Å²) in [5.74, 6) is -0.468. The van der Waals surface area contributed by atoms with Crippen molar-refractivity contribution < 1.29 is 4.39 Å². The molecule has 0 unspecified atom stereocenters. The zero-order valence-corrected chi connectivity index (χ0v) is 8.32. The van der Waals surface area contributed by atoms with Crippen molar-refractivity contribution in [2.75, 3.05) is 12.8 Å². The molecule has 1 aromatic carbocycles. The number of halogens is 2. The standard InChI is InChI=1S/C9H12ClFN2/c1-5(13-2)6-3-7(10)9(12)8(11)4-6/h3-5,13H,12H2,1-2H3/t5-/m0/s1. The molecule has 0 bridgehead atoms. The Kier molecular flexibility index (Phi) is 3.12. The number of hydrogen-bond donors (Lipinski definition) is 2. The molecular formula is C9H12ClFN2. The first-order chi connectivity index (χ1) is 6.06. The second-order valence-corrected chi connectivity index (χ2v) is 3.32. The fraction of sp³-hybridized carbons (Fsp3) is 0.333. The predicted molar refractivity (Wildman–Crippen MR) is 53.3 cm³/mol. The van der Waals surface area contributed by atoms with Gasteiger partial charge >= 0.3 is 0 Å². The van der Waals surface area contributed by atoms with Crippen LogP contribution in [0.1, 0.15) is 18.5 Å². The van der Waals surface area contributed by atoms with E-state index in [1.165, 1.54) is 6.07 Å². The monoisotopic (exact) mass is 202 g/mol. The van der Waals surface area contributed by atoms with Crippen molar-refractivity contribution in [3.05, 3.63) is 28.5 Å². The van der Waals surface area contributed by atoms with Crippen LogP contribution in [0.4, 0.5) is 10.1 Å². The molecule has 0 heterocycles. The lowest BCUT2D eigenvalue weighted by Crippen LogP contribution is -2.12. The van der Waals surface area contributed by atoms with Crippen LogP contribution in [0, 0.1) is 5.82 Å². The third-order valence-corrected chi connectivity index (χ3v) is 2.35. The summed E-state index contributed by atoms with van der Waals surface area (Å²) < 4.78 is 13.1. The van der Waals surface area contributed by atoms with Gasteiger partial charge in [0.15, 0.2) is 0 Å². The zero-order valence-electron chi connectivity index (χ0n) is 7.57. The molecule has 2 nitrogen and oxygen atoms in total. The molecule has 0 amide bonds. The maximum atomic E-state index is 13.1. The van der Waals surface area contributed by atoms with Gasteiger partial charge in [0, 0.05) is 6.04 Å². The van der Waals surface area contributed by atoms with Crippen molar-refractivity contribution in [2.45, 2.75) is 13.0 Å². The maximum Gasteiger partial charge on any atom is 0.147 e. The van der Waals surface area contributed by atoms with Gasteiger partial charge in [-0.3, -0.25) is 0 Å². The highest BCUT2D eigenvalue weighted by atomic mass is 35.5. The molecule has 1 atom stereocenters. The van der Waals surface area contributed by atoms with Crippen LogP contribution < -0.4 is 11.1 Å². The molecule has 0 saturated heterocycles. The fourth-order valence-corrected chi connectivity index (χ4v) is 1.24. The second-order valence-electron chi connectivity index (χ2n) is 2.91. The van der Waals surface area contributed by atoms with Gasteiger partial charge in [0.25, 0.3) is 0 Å². The maximum absolute atomic E-state index is 13.1. The Balaban J connectivity index is 3.13. The Morgan fingerprint density at radius 1 is 1.54 bits per heavy atom. The first kappa shape index (κ1) is 10.3. The van der Waals surface area contributed by atoms with Crippen molar-refractivity contribution in [3.63, 3.8) is 0 Å². The number of nitrogen functional groups attached to an aromatic ring is 1. The van der Waals surface area contributed by atoms with Gasteiger partial charge in [-0.1, -0.05) is 11.6 Å². The molecule has 72 valence electrons. The molecule has 0 radical (unpaired) electrons. The number of nitrogens with one attached hydrogen (secondary N) is 1. The molecular weight excluding hydrogens is 191 g/mol. The highest BCUT2D eigenvalue weighted by Gasteiger charge is 2.09. The van der Waals surface area contributed by atoms with Crippen LogP contribution in [0.5, 0.6) is 0 Å². The van der Waals surface area contributed by atoms with Gasteiger partial charge in [-0.25, -0.2) is 4.39 Å². The summed E-state index contributed by atoms with van der Waals surface area (Å²) in [4.78, 5) is 0. The Morgan fingerprint density at radius 2 is 2.15 bits per heavy atom. The van der Waals surface area contributed by atoms with Gasteiger partial charge in [-0.15, -0.1) is 0 Å². The van der Waals surface area contributed by atoms with E-state index < -0.39 is 5.82 Å². The van der Waals surface area contributed by atoms with Crippen molar-refractivity contribution in [3.8, 4) is 0 Å². The summed E-state index contributed by atoms with van der Waals surface area (Å²) in [5, 5.41) is 3.25. The second kappa shape index (κ2) is 3.94. The van der Waals surface area contributed by atoms with Gasteiger partial charge in [-0.2, -0.15) is 0 Å². The summed E-state index contributed by atoms with van der Waals surface area (Å²) in [6, 6.07) is 3.12. The Morgan fingerprint density at radius 3 is 2.62 bits per heavy atom. The Bertz CT molecular complexity index is 291. The zero-order chi connectivity index (χ0) is 10.0. The number of benzene rings is 1. The van der Waals surface area contributed by atoms with E-state index in [0.29, 0.717) is 0 Å². The van der Waals surface area contributed by atoms with Crippen LogP contribution in [0.3, 0.4) is 0 Å². The first-order valence-electron chi connectivity index (χ1n) is 3.98. The lowest BCUT2D eigenvalue weighted by atomic mass is 10.1. The normalized spacial score (nSPS) is 12.9. The summed E-state index contributed by atoms with van der Waals surface area (Å²) in [5.41, 5.74) is 6.16. The minimum Gasteiger partial charge on any atom is -0.395 e. The van der Waals surface area contributed by atoms with Crippen LogP contribution in [0.25, 0.3) is 0 Å². The quantitative estimate of drug-likeness (QED) is 0.723. The van der Waals surface area contributed by atoms with Gasteiger partial charge in [0.2, 0.25) is 0 Å². The first-order valence-corrected chi connectivity index (χ1v) is 4.35. The Hall–Kier alpha value is -0.800. The molecule has 1 aromatic rings. The molecule has 0 fully saturated rings. The van der Waals surface area contributed by atoms with Crippen LogP contribution in [0.2, 0.25) is 5.02 Å². The molecule has 0 aliphatic rings. The average Bonchev–Trinajstić information content (AvgIpc) is 2.12. The number of rotatable bonds is 2. The molecule has 13 heavy (non-hydrogen) atoms. The van der Waals surface area contributed by atoms with E-state index in [1.807, 2.05) is 6.92 Å². The summed E-state index contributed by atoms with van der Waals surface area (Å²) in [6.07, 6.45) is 0. The minimum atomic E-state index is -0.468. The van der Waals surface area contributed by atoms with E-state index >= 15 is 0 Å². The SMILES string of the molecule is CN[C@@H](C)c1cc(F)c(N)c(Cl)c1. The molecule has 0 spiro atoms. The number of hydrogen-bond acceptors (Lipinski definition) is 2. The predicted octanol–water partition coefficient (Wildman–Crippen LogP) is 2.34. The highest BCUT2D eigenvalue weighted by Crippen LogP contribution is 2.26. The van der Waals surface area contributed by atoms with E-state index in [9.17, 15) is 4.39 Å². The molecule has 0 aliphatic carbocycles. The largest absolute Gasteiger partial charge is 0.395 e. The van der Waals surface area contributed by atoms with E-state index in [-0.39, 0.29) is 16.8 Å². The van der Waals surface area contributed by atoms with E-state index in [1.54, 1.807) is 13.1 Å². The lowest BCUT2D eigenvalue weighted by Gasteiger charge is -2.12. The van der Waals surface area contributed by atoms with Crippen LogP contribution >= 0.6 is 11.6 Å². The van der Waals surface area contributed by atoms with Crippen LogP contribution in [0.15, 0.2) is 12.1 Å². The van der Waals surface area contributed by atoms with Crippen molar-refractivity contribution in [1.29, 1.82) is 0 Å². The molecule has 3 N–H and O–H groups in total. The topological polar surface area (TPSA) is 38.0 Å². The van der Waals surface area contributed by atoms with E-state index in [2.05, 4.69) is 5.32 Å². The molecule has 4 heteroatoms. The van der Waals surface area contributed by atoms with Crippen LogP contribution in [-0.2, 0) is 0 Å². The van der Waals surface area contributed by atoms with Crippen LogP contribution in [-0.4, -0.2) is 7.05 Å². The fourth-order valence-electron chi connectivity index (χ4n) is 1.02. The third kappa shape index (κ3) is 2.11. The van der Waals surface area contributed by atoms with Crippen molar-refractivity contribution in [2.24, 2.45) is 0 Å². The number of anilines is 1. The Labute approximate surface area is 81.9 Å². The lowest BCUT2D eigenvalue weighted by molar-refractivity contribution is 0.612. The van der Waals surface area contributed by atoms with E-state index in [0.717, 1.165) is 5.56 Å². The van der Waals surface area contributed by atoms with E-state index in [4.69, 9.17) is 17.3 Å². The van der Waals surface area contributed by atoms with Gasteiger partial charge in [-0.05, 0) is 31.7 Å². The summed E-state index contributed by atoms with van der Waals surface area (Å²) in [6.45, 7) is 1.92. The smallest absolute Gasteiger partial charge is 0.147 e. The minimum absolute atomic E-state index is 0.00807. The van der Waals surface area contributed by atoms with Crippen molar-refractivity contribution >= 4 is 17.3 Å². The average molecular weight is 203 g/mol. The molecule has 1 rings (SSSR count). The van der Waals surface area contributed by atoms with Gasteiger partial charge in [0.05, 0.1) is 10.7 Å². The number of nitrogens with two attached hydrogens (primary N) is 1.